The molecule has 1 aromatic rings. The van der Waals surface area contributed by atoms with Crippen LogP contribution in [0.1, 0.15) is 37.7 Å². The van der Waals surface area contributed by atoms with E-state index in [0.717, 1.165) is 29.1 Å². The zero-order chi connectivity index (χ0) is 14.7. The lowest BCUT2D eigenvalue weighted by Gasteiger charge is -2.34. The van der Waals surface area contributed by atoms with Gasteiger partial charge < -0.3 is 5.73 Å². The van der Waals surface area contributed by atoms with Crippen molar-refractivity contribution in [2.24, 2.45) is 28.9 Å². The van der Waals surface area contributed by atoms with E-state index in [-0.39, 0.29) is 5.41 Å². The van der Waals surface area contributed by atoms with Crippen LogP contribution < -0.4 is 5.73 Å². The first kappa shape index (κ1) is 14.0. The molecule has 0 spiro atoms. The largest absolute Gasteiger partial charge is 0.393 e. The molecular weight excluding hydrogens is 298 g/mol. The van der Waals surface area contributed by atoms with Crippen molar-refractivity contribution in [2.45, 2.75) is 37.5 Å². The molecule has 5 unspecified atom stereocenters. The second-order valence-electron chi connectivity index (χ2n) is 7.34. The summed E-state index contributed by atoms with van der Waals surface area (Å²) in [6.45, 7) is 0. The molecule has 4 fully saturated rings. The van der Waals surface area contributed by atoms with E-state index in [1.165, 1.54) is 31.2 Å². The van der Waals surface area contributed by atoms with Crippen molar-refractivity contribution in [3.05, 3.63) is 35.9 Å². The van der Waals surface area contributed by atoms with Crippen LogP contribution in [0.4, 0.5) is 0 Å². The molecule has 4 bridgehead atoms. The Kier molecular flexibility index (Phi) is 3.14. The first-order valence-corrected chi connectivity index (χ1v) is 9.00. The van der Waals surface area contributed by atoms with Crippen molar-refractivity contribution in [2.75, 3.05) is 5.88 Å². The van der Waals surface area contributed by atoms with Crippen molar-refractivity contribution in [1.82, 2.24) is 0 Å². The molecule has 0 radical (unpaired) electrons. The smallest absolute Gasteiger partial charge is 0.0793 e. The van der Waals surface area contributed by atoms with E-state index in [1.807, 2.05) is 0 Å². The summed E-state index contributed by atoms with van der Waals surface area (Å²) in [5, 5.41) is 0. The highest BCUT2D eigenvalue weighted by molar-refractivity contribution is 7.80. The van der Waals surface area contributed by atoms with Gasteiger partial charge in [0.05, 0.1) is 4.99 Å². The summed E-state index contributed by atoms with van der Waals surface area (Å²) in [5.41, 5.74) is 8.22. The normalized spacial score (nSPS) is 42.8. The van der Waals surface area contributed by atoms with Gasteiger partial charge in [0.1, 0.15) is 0 Å². The quantitative estimate of drug-likeness (QED) is 0.647. The molecule has 4 aliphatic rings. The number of hydrogen-bond acceptors (Lipinski definition) is 1. The minimum Gasteiger partial charge on any atom is -0.393 e. The maximum Gasteiger partial charge on any atom is 0.0793 e. The van der Waals surface area contributed by atoms with Crippen LogP contribution in [0.25, 0.3) is 0 Å². The van der Waals surface area contributed by atoms with Crippen molar-refractivity contribution in [3.8, 4) is 0 Å². The van der Waals surface area contributed by atoms with E-state index in [9.17, 15) is 0 Å². The third kappa shape index (κ3) is 1.66. The number of benzene rings is 1. The van der Waals surface area contributed by atoms with E-state index >= 15 is 0 Å². The summed E-state index contributed by atoms with van der Waals surface area (Å²) in [7, 11) is 0. The van der Waals surface area contributed by atoms with Crippen molar-refractivity contribution in [1.29, 1.82) is 0 Å². The number of hydrogen-bond donors (Lipinski definition) is 1. The predicted octanol–water partition coefficient (Wildman–Crippen LogP) is 4.28. The molecule has 4 saturated carbocycles. The van der Waals surface area contributed by atoms with Gasteiger partial charge in [-0.15, -0.1) is 11.6 Å². The molecule has 5 atom stereocenters. The van der Waals surface area contributed by atoms with Crippen molar-refractivity contribution < 1.29 is 0 Å². The van der Waals surface area contributed by atoms with Crippen LogP contribution in [0.2, 0.25) is 0 Å². The number of thiocarbonyl (C=S) groups is 1. The fourth-order valence-corrected chi connectivity index (χ4v) is 6.60. The highest BCUT2D eigenvalue weighted by Crippen LogP contribution is 2.78. The fraction of sp³-hybridized carbons (Fsp3) is 0.611. The molecule has 0 aliphatic heterocycles. The molecule has 112 valence electrons. The molecule has 0 saturated heterocycles. The zero-order valence-electron chi connectivity index (χ0n) is 12.2. The third-order valence-electron chi connectivity index (χ3n) is 6.76. The zero-order valence-corrected chi connectivity index (χ0v) is 13.8. The van der Waals surface area contributed by atoms with Crippen molar-refractivity contribution in [3.63, 3.8) is 0 Å². The summed E-state index contributed by atoms with van der Waals surface area (Å²) in [5.74, 6) is 3.01. The maximum atomic E-state index is 6.22. The standard InChI is InChI=1S/C18H22ClNS/c19-8-4-7-13-14-10-18(16(20)21)11-17(14,9-15(13)18)12-5-2-1-3-6-12/h1-3,5-6,13-15H,4,7-11H2,(H2,20,21). The van der Waals surface area contributed by atoms with Crippen LogP contribution in [-0.2, 0) is 5.41 Å². The summed E-state index contributed by atoms with van der Waals surface area (Å²) in [6.07, 6.45) is 6.06. The van der Waals surface area contributed by atoms with Gasteiger partial charge in [0.15, 0.2) is 0 Å². The minimum absolute atomic E-state index is 0.146. The molecule has 1 aromatic carbocycles. The van der Waals surface area contributed by atoms with Crippen molar-refractivity contribution >= 4 is 28.8 Å². The summed E-state index contributed by atoms with van der Waals surface area (Å²) in [4.78, 5) is 0.779. The fourth-order valence-electron chi connectivity index (χ4n) is 6.14. The number of nitrogens with two attached hydrogens (primary N) is 1. The summed E-state index contributed by atoms with van der Waals surface area (Å²) in [6, 6.07) is 11.1. The van der Waals surface area contributed by atoms with E-state index < -0.39 is 0 Å². The van der Waals surface area contributed by atoms with E-state index in [2.05, 4.69) is 30.3 Å². The second-order valence-corrected chi connectivity index (χ2v) is 8.15. The summed E-state index contributed by atoms with van der Waals surface area (Å²) < 4.78 is 0. The first-order chi connectivity index (χ1) is 10.1. The topological polar surface area (TPSA) is 26.0 Å². The lowest BCUT2D eigenvalue weighted by molar-refractivity contribution is 0.248. The highest BCUT2D eigenvalue weighted by atomic mass is 35.5. The minimum atomic E-state index is 0.146. The van der Waals surface area contributed by atoms with E-state index in [4.69, 9.17) is 29.6 Å². The number of alkyl halides is 1. The Morgan fingerprint density at radius 1 is 1.24 bits per heavy atom. The van der Waals surface area contributed by atoms with Crippen LogP contribution in [0.5, 0.6) is 0 Å². The Hall–Kier alpha value is -0.600. The Morgan fingerprint density at radius 3 is 2.62 bits per heavy atom. The van der Waals surface area contributed by atoms with E-state index in [0.29, 0.717) is 11.3 Å². The maximum absolute atomic E-state index is 6.22. The van der Waals surface area contributed by atoms with Crippen LogP contribution in [0, 0.1) is 23.2 Å². The monoisotopic (exact) mass is 319 g/mol. The SMILES string of the molecule is NC(=S)C12CC3C(CCCCl)C1CC3(c1ccccc1)C2. The van der Waals surface area contributed by atoms with E-state index in [1.54, 1.807) is 0 Å². The average Bonchev–Trinajstić information content (AvgIpc) is 3.18. The molecule has 21 heavy (non-hydrogen) atoms. The second kappa shape index (κ2) is 4.70. The van der Waals surface area contributed by atoms with Crippen LogP contribution in [0.15, 0.2) is 30.3 Å². The van der Waals surface area contributed by atoms with Crippen LogP contribution in [-0.4, -0.2) is 10.9 Å². The Labute approximate surface area is 137 Å². The Bertz CT molecular complexity index is 574. The number of rotatable bonds is 5. The lowest BCUT2D eigenvalue weighted by Crippen LogP contribution is -2.37. The molecule has 0 aromatic heterocycles. The molecule has 4 aliphatic carbocycles. The molecule has 5 rings (SSSR count). The summed E-state index contributed by atoms with van der Waals surface area (Å²) >= 11 is 11.5. The predicted molar refractivity (Wildman–Crippen MR) is 91.6 cm³/mol. The van der Waals surface area contributed by atoms with Gasteiger partial charge in [-0.1, -0.05) is 42.5 Å². The van der Waals surface area contributed by atoms with Gasteiger partial charge in [0.25, 0.3) is 0 Å². The van der Waals surface area contributed by atoms with Crippen LogP contribution >= 0.6 is 23.8 Å². The molecular formula is C18H22ClNS. The van der Waals surface area contributed by atoms with Gasteiger partial charge in [-0.3, -0.25) is 0 Å². The number of halogens is 1. The molecule has 0 amide bonds. The molecule has 2 N–H and O–H groups in total. The van der Waals surface area contributed by atoms with Gasteiger partial charge in [-0.25, -0.2) is 0 Å². The third-order valence-corrected chi connectivity index (χ3v) is 7.44. The van der Waals surface area contributed by atoms with Gasteiger partial charge in [0, 0.05) is 11.3 Å². The van der Waals surface area contributed by atoms with Gasteiger partial charge in [-0.05, 0) is 60.8 Å². The highest BCUT2D eigenvalue weighted by Gasteiger charge is 2.75. The van der Waals surface area contributed by atoms with Gasteiger partial charge in [0.2, 0.25) is 0 Å². The molecule has 3 heteroatoms. The Balaban J connectivity index is 1.75. The van der Waals surface area contributed by atoms with Gasteiger partial charge >= 0.3 is 0 Å². The van der Waals surface area contributed by atoms with Crippen LogP contribution in [0.3, 0.4) is 0 Å². The first-order valence-electron chi connectivity index (χ1n) is 8.05. The lowest BCUT2D eigenvalue weighted by atomic mass is 9.70. The van der Waals surface area contributed by atoms with Gasteiger partial charge in [-0.2, -0.15) is 0 Å². The average molecular weight is 320 g/mol. The molecule has 0 heterocycles. The molecule has 1 nitrogen and oxygen atoms in total. The Morgan fingerprint density at radius 2 is 2.00 bits per heavy atom.